The highest BCUT2D eigenvalue weighted by Crippen LogP contribution is 2.16. The first kappa shape index (κ1) is 13.5. The van der Waals surface area contributed by atoms with E-state index in [4.69, 9.17) is 0 Å². The summed E-state index contributed by atoms with van der Waals surface area (Å²) in [5, 5.41) is 3.18. The number of rotatable bonds is 5. The second-order valence-electron chi connectivity index (χ2n) is 3.30. The number of hydrogen-bond donors (Lipinski definition) is 0. The Morgan fingerprint density at radius 1 is 1.47 bits per heavy atom. The number of hydrogen-bond acceptors (Lipinski definition) is 5. The molecule has 1 unspecified atom stereocenters. The normalized spacial score (nSPS) is 13.9. The summed E-state index contributed by atoms with van der Waals surface area (Å²) in [5.74, 6) is -1.38. The Morgan fingerprint density at radius 3 is 2.27 bits per heavy atom. The Balaban J connectivity index is 4.97. The Bertz CT molecular complexity index is 254. The fraction of sp³-hybridized carbons (Fsp3) is 0.778. The van der Waals surface area contributed by atoms with Gasteiger partial charge in [-0.3, -0.25) is 4.79 Å². The highest BCUT2D eigenvalue weighted by Gasteiger charge is 2.34. The van der Waals surface area contributed by atoms with Gasteiger partial charge in [0.25, 0.3) is 0 Å². The second kappa shape index (κ2) is 6.10. The van der Waals surface area contributed by atoms with Crippen LogP contribution in [0.5, 0.6) is 0 Å². The Hall–Kier alpha value is -1.46. The van der Waals surface area contributed by atoms with Crippen LogP contribution in [-0.4, -0.2) is 30.0 Å². The third-order valence-electron chi connectivity index (χ3n) is 2.30. The van der Waals surface area contributed by atoms with Crippen molar-refractivity contribution in [1.29, 1.82) is 0 Å². The molecule has 0 aliphatic rings. The Morgan fingerprint density at radius 2 is 2.00 bits per heavy atom. The monoisotopic (exact) mass is 216 g/mol. The summed E-state index contributed by atoms with van der Waals surface area (Å²) in [6.07, 6.45) is 0.638. The van der Waals surface area contributed by atoms with E-state index in [1.807, 2.05) is 6.92 Å². The van der Waals surface area contributed by atoms with Gasteiger partial charge in [-0.2, -0.15) is 5.01 Å². The number of ether oxygens (including phenoxy) is 1. The van der Waals surface area contributed by atoms with Crippen LogP contribution in [0.3, 0.4) is 0 Å². The molecule has 1 amide bonds. The van der Waals surface area contributed by atoms with Gasteiger partial charge in [-0.1, -0.05) is 20.3 Å². The van der Waals surface area contributed by atoms with Crippen LogP contribution in [0.15, 0.2) is 5.29 Å². The first-order valence-corrected chi connectivity index (χ1v) is 4.70. The summed E-state index contributed by atoms with van der Waals surface area (Å²) in [7, 11) is 1.21. The fourth-order valence-electron chi connectivity index (χ4n) is 1.22. The maximum atomic E-state index is 11.4. The minimum Gasteiger partial charge on any atom is -0.467 e. The molecule has 86 valence electrons. The molecule has 0 aliphatic heterocycles. The van der Waals surface area contributed by atoms with Crippen LogP contribution in [0.4, 0.5) is 0 Å². The smallest absolute Gasteiger partial charge is 0.331 e. The standard InChI is InChI=1S/C9H16N2O4/c1-5-6(2)8(9(13)15-4)11(10-14)7(3)12/h6,8H,5H2,1-4H3/t6?,8-/m0/s1. The predicted molar refractivity (Wildman–Crippen MR) is 53.6 cm³/mol. The van der Waals surface area contributed by atoms with E-state index in [0.717, 1.165) is 0 Å². The van der Waals surface area contributed by atoms with Gasteiger partial charge in [0.15, 0.2) is 6.04 Å². The lowest BCUT2D eigenvalue weighted by molar-refractivity contribution is -0.154. The van der Waals surface area contributed by atoms with Gasteiger partial charge in [-0.15, -0.1) is 4.91 Å². The third kappa shape index (κ3) is 3.30. The molecule has 6 nitrogen and oxygen atoms in total. The molecule has 0 bridgehead atoms. The van der Waals surface area contributed by atoms with E-state index in [0.29, 0.717) is 11.4 Å². The van der Waals surface area contributed by atoms with Crippen molar-refractivity contribution in [3.05, 3.63) is 4.91 Å². The molecular weight excluding hydrogens is 200 g/mol. The van der Waals surface area contributed by atoms with Crippen LogP contribution in [0.2, 0.25) is 0 Å². The van der Waals surface area contributed by atoms with Gasteiger partial charge in [0, 0.05) is 6.92 Å². The largest absolute Gasteiger partial charge is 0.467 e. The molecule has 0 aromatic rings. The van der Waals surface area contributed by atoms with E-state index in [2.05, 4.69) is 10.0 Å². The average molecular weight is 216 g/mol. The van der Waals surface area contributed by atoms with E-state index in [9.17, 15) is 14.5 Å². The molecule has 0 heterocycles. The quantitative estimate of drug-likeness (QED) is 0.392. The highest BCUT2D eigenvalue weighted by atomic mass is 16.5. The summed E-state index contributed by atoms with van der Waals surface area (Å²) in [6.45, 7) is 4.78. The molecule has 2 atom stereocenters. The van der Waals surface area contributed by atoms with Crippen molar-refractivity contribution >= 4 is 11.9 Å². The fourth-order valence-corrected chi connectivity index (χ4v) is 1.22. The highest BCUT2D eigenvalue weighted by molar-refractivity contribution is 5.83. The van der Waals surface area contributed by atoms with Crippen LogP contribution in [0.1, 0.15) is 27.2 Å². The number of nitroso groups, excluding NO2 is 1. The van der Waals surface area contributed by atoms with Gasteiger partial charge in [0.1, 0.15) is 0 Å². The maximum absolute atomic E-state index is 11.4. The lowest BCUT2D eigenvalue weighted by atomic mass is 9.99. The first-order chi connectivity index (χ1) is 6.99. The van der Waals surface area contributed by atoms with Crippen LogP contribution in [0.25, 0.3) is 0 Å². The molecule has 0 fully saturated rings. The van der Waals surface area contributed by atoms with Crippen molar-refractivity contribution in [3.8, 4) is 0 Å². The lowest BCUT2D eigenvalue weighted by Crippen LogP contribution is -2.45. The zero-order valence-electron chi connectivity index (χ0n) is 9.39. The minimum atomic E-state index is -0.935. The van der Waals surface area contributed by atoms with Gasteiger partial charge in [0.05, 0.1) is 12.4 Å². The molecule has 0 saturated heterocycles. The third-order valence-corrected chi connectivity index (χ3v) is 2.30. The molecule has 0 N–H and O–H groups in total. The lowest BCUT2D eigenvalue weighted by Gasteiger charge is -2.25. The van der Waals surface area contributed by atoms with E-state index in [-0.39, 0.29) is 5.92 Å². The van der Waals surface area contributed by atoms with Crippen molar-refractivity contribution < 1.29 is 14.3 Å². The number of carbonyl (C=O) groups is 2. The molecule has 15 heavy (non-hydrogen) atoms. The van der Waals surface area contributed by atoms with E-state index in [1.165, 1.54) is 14.0 Å². The van der Waals surface area contributed by atoms with Gasteiger partial charge < -0.3 is 4.74 Å². The van der Waals surface area contributed by atoms with Crippen molar-refractivity contribution in [2.75, 3.05) is 7.11 Å². The van der Waals surface area contributed by atoms with E-state index < -0.39 is 17.9 Å². The number of carbonyl (C=O) groups excluding carboxylic acids is 2. The van der Waals surface area contributed by atoms with Gasteiger partial charge in [-0.25, -0.2) is 4.79 Å². The van der Waals surface area contributed by atoms with E-state index in [1.54, 1.807) is 6.92 Å². The molecular formula is C9H16N2O4. The molecule has 0 radical (unpaired) electrons. The van der Waals surface area contributed by atoms with Crippen LogP contribution < -0.4 is 0 Å². The minimum absolute atomic E-state index is 0.181. The number of amides is 1. The van der Waals surface area contributed by atoms with E-state index >= 15 is 0 Å². The summed E-state index contributed by atoms with van der Waals surface area (Å²) >= 11 is 0. The zero-order valence-corrected chi connectivity index (χ0v) is 9.39. The molecule has 0 spiro atoms. The molecule has 0 aromatic carbocycles. The van der Waals surface area contributed by atoms with Gasteiger partial charge in [0.2, 0.25) is 5.91 Å². The van der Waals surface area contributed by atoms with Crippen LogP contribution in [0, 0.1) is 10.8 Å². The van der Waals surface area contributed by atoms with Crippen molar-refractivity contribution in [3.63, 3.8) is 0 Å². The maximum Gasteiger partial charge on any atom is 0.331 e. The van der Waals surface area contributed by atoms with Crippen LogP contribution >= 0.6 is 0 Å². The van der Waals surface area contributed by atoms with Crippen molar-refractivity contribution in [2.24, 2.45) is 11.2 Å². The summed E-state index contributed by atoms with van der Waals surface area (Å²) in [5.41, 5.74) is 0. The number of methoxy groups -OCH3 is 1. The molecule has 0 rings (SSSR count). The average Bonchev–Trinajstić information content (AvgIpc) is 2.23. The Kier molecular flexibility index (Phi) is 5.51. The molecule has 0 saturated carbocycles. The van der Waals surface area contributed by atoms with Crippen molar-refractivity contribution in [1.82, 2.24) is 5.01 Å². The summed E-state index contributed by atoms with van der Waals surface area (Å²) < 4.78 is 4.54. The topological polar surface area (TPSA) is 76.0 Å². The number of nitrogens with zero attached hydrogens (tertiary/aromatic N) is 2. The Labute approximate surface area is 88.5 Å². The SMILES string of the molecule is CCC(C)[C@@H](C(=O)OC)N(N=O)C(C)=O. The molecule has 0 aliphatic carbocycles. The van der Waals surface area contributed by atoms with Gasteiger partial charge in [-0.05, 0) is 5.92 Å². The number of esters is 1. The second-order valence-corrected chi connectivity index (χ2v) is 3.30. The predicted octanol–water partition coefficient (Wildman–Crippen LogP) is 1.10. The van der Waals surface area contributed by atoms with Crippen LogP contribution in [-0.2, 0) is 14.3 Å². The molecule has 0 aromatic heterocycles. The van der Waals surface area contributed by atoms with Gasteiger partial charge >= 0.3 is 5.97 Å². The van der Waals surface area contributed by atoms with Crippen molar-refractivity contribution in [2.45, 2.75) is 33.2 Å². The molecule has 6 heteroatoms. The first-order valence-electron chi connectivity index (χ1n) is 4.70. The zero-order chi connectivity index (χ0) is 12.0. The summed E-state index contributed by atoms with van der Waals surface area (Å²) in [6, 6.07) is -0.935. The summed E-state index contributed by atoms with van der Waals surface area (Å²) in [4.78, 5) is 33.0.